The van der Waals surface area contributed by atoms with E-state index < -0.39 is 0 Å². The fourth-order valence-corrected chi connectivity index (χ4v) is 5.12. The Labute approximate surface area is 162 Å². The van der Waals surface area contributed by atoms with Gasteiger partial charge in [-0.3, -0.25) is 14.7 Å². The van der Waals surface area contributed by atoms with Crippen LogP contribution in [0.15, 0.2) is 42.7 Å². The number of hydrogen-bond acceptors (Lipinski definition) is 5. The molecule has 0 aliphatic carbocycles. The third-order valence-electron chi connectivity index (χ3n) is 5.81. The number of rotatable bonds is 3. The molecule has 3 aromatic rings. The molecule has 5 rings (SSSR count). The molecule has 1 aromatic carbocycles. The quantitative estimate of drug-likeness (QED) is 0.755. The van der Waals surface area contributed by atoms with Crippen LogP contribution >= 0.6 is 11.5 Å². The van der Waals surface area contributed by atoms with Crippen molar-refractivity contribution in [3.8, 4) is 11.1 Å². The van der Waals surface area contributed by atoms with Crippen LogP contribution in [0.25, 0.3) is 21.2 Å². The summed E-state index contributed by atoms with van der Waals surface area (Å²) in [6.07, 6.45) is 8.68. The smallest absolute Gasteiger partial charge is 0.271 e. The summed E-state index contributed by atoms with van der Waals surface area (Å²) in [7, 11) is 0. The highest BCUT2D eigenvalue weighted by Crippen LogP contribution is 2.30. The van der Waals surface area contributed by atoms with Crippen LogP contribution in [0.5, 0.6) is 0 Å². The van der Waals surface area contributed by atoms with E-state index in [1.165, 1.54) is 43.8 Å². The van der Waals surface area contributed by atoms with Crippen LogP contribution in [-0.4, -0.2) is 45.3 Å². The highest BCUT2D eigenvalue weighted by molar-refractivity contribution is 7.13. The molecule has 2 fully saturated rings. The van der Waals surface area contributed by atoms with Crippen molar-refractivity contribution in [2.45, 2.75) is 37.8 Å². The molecular formula is C21H22N4OS. The summed E-state index contributed by atoms with van der Waals surface area (Å²) in [6.45, 7) is 2.15. The largest absolute Gasteiger partial charge is 0.345 e. The van der Waals surface area contributed by atoms with Gasteiger partial charge in [0.25, 0.3) is 5.91 Å². The second-order valence-electron chi connectivity index (χ2n) is 7.48. The minimum atomic E-state index is -0.0377. The average molecular weight is 379 g/mol. The third kappa shape index (κ3) is 3.13. The topological polar surface area (TPSA) is 58.1 Å². The molecule has 2 saturated heterocycles. The van der Waals surface area contributed by atoms with E-state index in [1.54, 1.807) is 6.20 Å². The van der Waals surface area contributed by atoms with Gasteiger partial charge in [-0.05, 0) is 48.6 Å². The van der Waals surface area contributed by atoms with Crippen LogP contribution < -0.4 is 5.32 Å². The number of nitrogens with one attached hydrogen (secondary N) is 1. The molecule has 27 heavy (non-hydrogen) atoms. The zero-order valence-electron chi connectivity index (χ0n) is 15.1. The van der Waals surface area contributed by atoms with E-state index in [4.69, 9.17) is 0 Å². The van der Waals surface area contributed by atoms with Gasteiger partial charge in [0, 0.05) is 35.9 Å². The van der Waals surface area contributed by atoms with Crippen molar-refractivity contribution in [1.82, 2.24) is 19.6 Å². The van der Waals surface area contributed by atoms with Crippen molar-refractivity contribution in [3.63, 3.8) is 0 Å². The molecule has 4 heterocycles. The summed E-state index contributed by atoms with van der Waals surface area (Å²) >= 11 is 1.39. The van der Waals surface area contributed by atoms with Crippen LogP contribution in [0, 0.1) is 0 Å². The summed E-state index contributed by atoms with van der Waals surface area (Å²) in [4.78, 5) is 19.5. The summed E-state index contributed by atoms with van der Waals surface area (Å²) in [5.74, 6) is -0.0377. The summed E-state index contributed by atoms with van der Waals surface area (Å²) in [5, 5.41) is 4.17. The minimum absolute atomic E-state index is 0.0377. The molecule has 0 bridgehead atoms. The molecule has 2 aliphatic heterocycles. The van der Waals surface area contributed by atoms with Gasteiger partial charge in [0.05, 0.1) is 10.7 Å². The van der Waals surface area contributed by atoms with Crippen molar-refractivity contribution >= 4 is 27.5 Å². The fourth-order valence-electron chi connectivity index (χ4n) is 4.31. The Morgan fingerprint density at radius 1 is 1.19 bits per heavy atom. The lowest BCUT2D eigenvalue weighted by Crippen LogP contribution is -2.66. The molecular weight excluding hydrogens is 356 g/mol. The summed E-state index contributed by atoms with van der Waals surface area (Å²) in [6, 6.07) is 10.9. The molecule has 2 aromatic heterocycles. The van der Waals surface area contributed by atoms with E-state index in [9.17, 15) is 4.79 Å². The molecule has 6 heteroatoms. The maximum atomic E-state index is 12.8. The van der Waals surface area contributed by atoms with Crippen LogP contribution in [0.1, 0.15) is 36.2 Å². The van der Waals surface area contributed by atoms with Crippen molar-refractivity contribution in [1.29, 1.82) is 0 Å². The SMILES string of the molecule is O=C(N[C@@H]1CN2CCCCCC12)c1nsc2cc(-c3cccnc3)ccc12. The standard InChI is InChI=1S/C21H22N4OS/c26-21(23-17-13-25-10-3-1-2-6-18(17)25)20-16-8-7-14(11-19(16)27-24-20)15-5-4-9-22-12-15/h4-5,7-9,11-12,17-18H,1-3,6,10,13H2,(H,23,26)/t17-,18?/m1/s1. The Balaban J connectivity index is 1.35. The minimum Gasteiger partial charge on any atom is -0.345 e. The number of nitrogens with zero attached hydrogens (tertiary/aromatic N) is 3. The van der Waals surface area contributed by atoms with Gasteiger partial charge >= 0.3 is 0 Å². The first-order chi connectivity index (χ1) is 13.3. The molecule has 138 valence electrons. The van der Waals surface area contributed by atoms with Gasteiger partial charge in [-0.1, -0.05) is 31.0 Å². The fraction of sp³-hybridized carbons (Fsp3) is 0.381. The Kier molecular flexibility index (Phi) is 4.38. The summed E-state index contributed by atoms with van der Waals surface area (Å²) < 4.78 is 5.50. The van der Waals surface area contributed by atoms with Gasteiger partial charge in [0.15, 0.2) is 0 Å². The number of carbonyl (C=O) groups is 1. The maximum absolute atomic E-state index is 12.8. The number of pyridine rings is 1. The molecule has 1 unspecified atom stereocenters. The van der Waals surface area contributed by atoms with Gasteiger partial charge in [0.1, 0.15) is 5.69 Å². The second kappa shape index (κ2) is 7.02. The van der Waals surface area contributed by atoms with Crippen molar-refractivity contribution in [2.24, 2.45) is 0 Å². The lowest BCUT2D eigenvalue weighted by molar-refractivity contribution is 0.0410. The third-order valence-corrected chi connectivity index (χ3v) is 6.62. The highest BCUT2D eigenvalue weighted by Gasteiger charge is 2.40. The molecule has 0 saturated carbocycles. The number of amides is 1. The molecule has 2 atom stereocenters. The van der Waals surface area contributed by atoms with E-state index in [0.717, 1.165) is 27.8 Å². The van der Waals surface area contributed by atoms with Crippen LogP contribution in [-0.2, 0) is 0 Å². The first-order valence-corrected chi connectivity index (χ1v) is 10.4. The maximum Gasteiger partial charge on any atom is 0.271 e. The molecule has 1 amide bonds. The zero-order chi connectivity index (χ0) is 18.2. The Morgan fingerprint density at radius 2 is 2.15 bits per heavy atom. The predicted octanol–water partition coefficient (Wildman–Crippen LogP) is 3.71. The molecule has 2 aliphatic rings. The van der Waals surface area contributed by atoms with Crippen molar-refractivity contribution in [2.75, 3.05) is 13.1 Å². The van der Waals surface area contributed by atoms with Crippen molar-refractivity contribution < 1.29 is 4.79 Å². The number of carbonyl (C=O) groups excluding carboxylic acids is 1. The van der Waals surface area contributed by atoms with E-state index in [2.05, 4.69) is 25.6 Å². The number of hydrogen-bond donors (Lipinski definition) is 1. The summed E-state index contributed by atoms with van der Waals surface area (Å²) in [5.41, 5.74) is 2.72. The van der Waals surface area contributed by atoms with Gasteiger partial charge in [-0.25, -0.2) is 0 Å². The number of benzene rings is 1. The van der Waals surface area contributed by atoms with Crippen LogP contribution in [0.2, 0.25) is 0 Å². The van der Waals surface area contributed by atoms with Crippen LogP contribution in [0.4, 0.5) is 0 Å². The zero-order valence-corrected chi connectivity index (χ0v) is 15.9. The number of fused-ring (bicyclic) bond motifs is 2. The van der Waals surface area contributed by atoms with Gasteiger partial charge in [-0.15, -0.1) is 0 Å². The van der Waals surface area contributed by atoms with E-state index in [-0.39, 0.29) is 11.9 Å². The lowest BCUT2D eigenvalue weighted by atomic mass is 9.93. The van der Waals surface area contributed by atoms with Gasteiger partial charge < -0.3 is 5.32 Å². The van der Waals surface area contributed by atoms with E-state index in [0.29, 0.717) is 11.7 Å². The molecule has 0 spiro atoms. The molecule has 5 nitrogen and oxygen atoms in total. The first-order valence-electron chi connectivity index (χ1n) is 9.64. The first kappa shape index (κ1) is 16.8. The Bertz CT molecular complexity index is 971. The normalized spacial score (nSPS) is 22.7. The van der Waals surface area contributed by atoms with E-state index in [1.807, 2.05) is 30.5 Å². The van der Waals surface area contributed by atoms with E-state index >= 15 is 0 Å². The second-order valence-corrected chi connectivity index (χ2v) is 8.28. The number of aromatic nitrogens is 2. The average Bonchev–Trinajstić information content (AvgIpc) is 3.03. The Hall–Kier alpha value is -2.31. The highest BCUT2D eigenvalue weighted by atomic mass is 32.1. The lowest BCUT2D eigenvalue weighted by Gasteiger charge is -2.47. The molecule has 1 N–H and O–H groups in total. The predicted molar refractivity (Wildman–Crippen MR) is 108 cm³/mol. The molecule has 0 radical (unpaired) electrons. The Morgan fingerprint density at radius 3 is 3.04 bits per heavy atom. The van der Waals surface area contributed by atoms with Gasteiger partial charge in [-0.2, -0.15) is 4.37 Å². The van der Waals surface area contributed by atoms with Gasteiger partial charge in [0.2, 0.25) is 0 Å². The van der Waals surface area contributed by atoms with Crippen LogP contribution in [0.3, 0.4) is 0 Å². The monoisotopic (exact) mass is 378 g/mol. The van der Waals surface area contributed by atoms with Crippen molar-refractivity contribution in [3.05, 3.63) is 48.4 Å².